The van der Waals surface area contributed by atoms with Crippen molar-refractivity contribution < 1.29 is 9.53 Å². The van der Waals surface area contributed by atoms with E-state index in [9.17, 15) is 4.79 Å². The number of rotatable bonds is 3. The molecular formula is C13H16N4O2. The highest BCUT2D eigenvalue weighted by atomic mass is 16.5. The van der Waals surface area contributed by atoms with Crippen molar-refractivity contribution in [2.24, 2.45) is 0 Å². The molecule has 0 bridgehead atoms. The topological polar surface area (TPSA) is 86.2 Å². The van der Waals surface area contributed by atoms with Crippen LogP contribution in [-0.2, 0) is 4.74 Å². The van der Waals surface area contributed by atoms with Crippen LogP contribution in [0.4, 0.5) is 10.5 Å². The first-order chi connectivity index (χ1) is 9.28. The van der Waals surface area contributed by atoms with Gasteiger partial charge in [-0.3, -0.25) is 0 Å². The van der Waals surface area contributed by atoms with Crippen LogP contribution in [-0.4, -0.2) is 38.4 Å². The zero-order chi connectivity index (χ0) is 13.5. The zero-order valence-electron chi connectivity index (χ0n) is 10.5. The number of nitrogens with one attached hydrogen (secondary N) is 3. The summed E-state index contributed by atoms with van der Waals surface area (Å²) in [6.45, 7) is 2.65. The van der Waals surface area contributed by atoms with Crippen LogP contribution in [0.15, 0.2) is 24.3 Å². The Labute approximate surface area is 111 Å². The van der Waals surface area contributed by atoms with E-state index in [0.29, 0.717) is 31.0 Å². The third-order valence-electron chi connectivity index (χ3n) is 2.78. The molecule has 0 radical (unpaired) electrons. The molecule has 2 rings (SSSR count). The van der Waals surface area contributed by atoms with Gasteiger partial charge in [0.15, 0.2) is 0 Å². The number of carbonyl (C=O) groups is 1. The van der Waals surface area contributed by atoms with Gasteiger partial charge in [0.25, 0.3) is 0 Å². The monoisotopic (exact) mass is 260 g/mol. The van der Waals surface area contributed by atoms with E-state index in [1.165, 1.54) is 0 Å². The molecule has 6 heteroatoms. The van der Waals surface area contributed by atoms with Crippen LogP contribution in [0.2, 0.25) is 0 Å². The molecule has 0 spiro atoms. The van der Waals surface area contributed by atoms with Crippen molar-refractivity contribution in [3.8, 4) is 6.07 Å². The van der Waals surface area contributed by atoms with Gasteiger partial charge in [-0.05, 0) is 24.3 Å². The van der Waals surface area contributed by atoms with Crippen LogP contribution >= 0.6 is 0 Å². The van der Waals surface area contributed by atoms with E-state index >= 15 is 0 Å². The fourth-order valence-electron chi connectivity index (χ4n) is 1.77. The lowest BCUT2D eigenvalue weighted by Gasteiger charge is -2.23. The molecule has 1 aromatic carbocycles. The summed E-state index contributed by atoms with van der Waals surface area (Å²) < 4.78 is 5.29. The summed E-state index contributed by atoms with van der Waals surface area (Å²) >= 11 is 0. The minimum absolute atomic E-state index is 0.153. The molecule has 0 saturated carbocycles. The van der Waals surface area contributed by atoms with Crippen LogP contribution < -0.4 is 16.0 Å². The highest BCUT2D eigenvalue weighted by molar-refractivity contribution is 5.89. The van der Waals surface area contributed by atoms with Gasteiger partial charge >= 0.3 is 6.03 Å². The van der Waals surface area contributed by atoms with Gasteiger partial charge in [0.05, 0.1) is 24.8 Å². The number of nitriles is 1. The predicted molar refractivity (Wildman–Crippen MR) is 70.8 cm³/mol. The normalized spacial score (nSPS) is 18.4. The highest BCUT2D eigenvalue weighted by Crippen LogP contribution is 2.08. The van der Waals surface area contributed by atoms with Crippen LogP contribution in [0.3, 0.4) is 0 Å². The number of amides is 2. The average Bonchev–Trinajstić information content (AvgIpc) is 2.47. The van der Waals surface area contributed by atoms with Gasteiger partial charge < -0.3 is 20.7 Å². The Hall–Kier alpha value is -2.10. The lowest BCUT2D eigenvalue weighted by molar-refractivity contribution is 0.0776. The minimum Gasteiger partial charge on any atom is -0.378 e. The van der Waals surface area contributed by atoms with Gasteiger partial charge in [-0.1, -0.05) is 0 Å². The molecule has 1 aliphatic rings. The summed E-state index contributed by atoms with van der Waals surface area (Å²) in [5.74, 6) is 0. The summed E-state index contributed by atoms with van der Waals surface area (Å²) in [6, 6.07) is 8.62. The maximum absolute atomic E-state index is 11.7. The van der Waals surface area contributed by atoms with Gasteiger partial charge in [0.1, 0.15) is 0 Å². The van der Waals surface area contributed by atoms with E-state index in [-0.39, 0.29) is 12.1 Å². The molecule has 1 fully saturated rings. The van der Waals surface area contributed by atoms with E-state index < -0.39 is 0 Å². The number of carbonyl (C=O) groups excluding carboxylic acids is 1. The molecule has 1 aliphatic heterocycles. The number of morpholine rings is 1. The first kappa shape index (κ1) is 13.3. The van der Waals surface area contributed by atoms with Crippen LogP contribution in [0, 0.1) is 11.3 Å². The summed E-state index contributed by atoms with van der Waals surface area (Å²) in [5, 5.41) is 17.4. The molecule has 1 heterocycles. The number of urea groups is 1. The molecule has 2 amide bonds. The molecule has 1 atom stereocenters. The molecule has 0 aliphatic carbocycles. The number of hydrogen-bond acceptors (Lipinski definition) is 4. The van der Waals surface area contributed by atoms with Gasteiger partial charge in [-0.25, -0.2) is 4.79 Å². The van der Waals surface area contributed by atoms with Crippen LogP contribution in [0.5, 0.6) is 0 Å². The largest absolute Gasteiger partial charge is 0.378 e. The Balaban J connectivity index is 1.75. The standard InChI is InChI=1S/C13H16N4O2/c14-7-10-1-3-11(4-2-10)17-13(18)16-8-12-9-19-6-5-15-12/h1-4,12,15H,5-6,8-9H2,(H2,16,17,18). The van der Waals surface area contributed by atoms with Gasteiger partial charge in [0, 0.05) is 24.8 Å². The summed E-state index contributed by atoms with van der Waals surface area (Å²) in [5.41, 5.74) is 1.22. The smallest absolute Gasteiger partial charge is 0.319 e. The van der Waals surface area contributed by atoms with E-state index in [1.807, 2.05) is 6.07 Å². The van der Waals surface area contributed by atoms with Crippen LogP contribution in [0.1, 0.15) is 5.56 Å². The Morgan fingerprint density at radius 2 is 2.26 bits per heavy atom. The fraction of sp³-hybridized carbons (Fsp3) is 0.385. The van der Waals surface area contributed by atoms with Gasteiger partial charge in [-0.2, -0.15) is 5.26 Å². The van der Waals surface area contributed by atoms with Crippen molar-refractivity contribution in [3.63, 3.8) is 0 Å². The molecule has 0 aromatic heterocycles. The van der Waals surface area contributed by atoms with E-state index in [4.69, 9.17) is 10.00 Å². The summed E-state index contributed by atoms with van der Waals surface area (Å²) in [7, 11) is 0. The molecule has 1 unspecified atom stereocenters. The Kier molecular flexibility index (Phi) is 4.72. The average molecular weight is 260 g/mol. The third kappa shape index (κ3) is 4.25. The van der Waals surface area contributed by atoms with Crippen molar-refractivity contribution in [2.75, 3.05) is 31.6 Å². The van der Waals surface area contributed by atoms with Gasteiger partial charge in [-0.15, -0.1) is 0 Å². The number of hydrogen-bond donors (Lipinski definition) is 3. The predicted octanol–water partition coefficient (Wildman–Crippen LogP) is 0.668. The maximum atomic E-state index is 11.7. The Morgan fingerprint density at radius 1 is 1.47 bits per heavy atom. The summed E-state index contributed by atoms with van der Waals surface area (Å²) in [6.07, 6.45) is 0. The number of anilines is 1. The molecule has 6 nitrogen and oxygen atoms in total. The van der Waals surface area contributed by atoms with E-state index in [1.54, 1.807) is 24.3 Å². The minimum atomic E-state index is -0.267. The molecule has 1 saturated heterocycles. The number of nitrogens with zero attached hydrogens (tertiary/aromatic N) is 1. The van der Waals surface area contributed by atoms with E-state index in [0.717, 1.165) is 6.54 Å². The quantitative estimate of drug-likeness (QED) is 0.745. The molecule has 100 valence electrons. The zero-order valence-corrected chi connectivity index (χ0v) is 10.5. The van der Waals surface area contributed by atoms with Crippen molar-refractivity contribution in [2.45, 2.75) is 6.04 Å². The molecule has 1 aromatic rings. The second-order valence-corrected chi connectivity index (χ2v) is 4.25. The first-order valence-electron chi connectivity index (χ1n) is 6.14. The SMILES string of the molecule is N#Cc1ccc(NC(=O)NCC2COCCN2)cc1. The van der Waals surface area contributed by atoms with Crippen LogP contribution in [0.25, 0.3) is 0 Å². The van der Waals surface area contributed by atoms with Crippen molar-refractivity contribution in [1.82, 2.24) is 10.6 Å². The Morgan fingerprint density at radius 3 is 2.89 bits per heavy atom. The molecule has 3 N–H and O–H groups in total. The highest BCUT2D eigenvalue weighted by Gasteiger charge is 2.13. The third-order valence-corrected chi connectivity index (χ3v) is 2.78. The number of benzene rings is 1. The second kappa shape index (κ2) is 6.73. The molecular weight excluding hydrogens is 244 g/mol. The number of ether oxygens (including phenoxy) is 1. The first-order valence-corrected chi connectivity index (χ1v) is 6.14. The second-order valence-electron chi connectivity index (χ2n) is 4.25. The Bertz CT molecular complexity index is 461. The lowest BCUT2D eigenvalue weighted by atomic mass is 10.2. The van der Waals surface area contributed by atoms with Crippen molar-refractivity contribution >= 4 is 11.7 Å². The molecule has 19 heavy (non-hydrogen) atoms. The fourth-order valence-corrected chi connectivity index (χ4v) is 1.77. The van der Waals surface area contributed by atoms with Gasteiger partial charge in [0.2, 0.25) is 0 Å². The van der Waals surface area contributed by atoms with Crippen molar-refractivity contribution in [3.05, 3.63) is 29.8 Å². The van der Waals surface area contributed by atoms with E-state index in [2.05, 4.69) is 16.0 Å². The maximum Gasteiger partial charge on any atom is 0.319 e. The summed E-state index contributed by atoms with van der Waals surface area (Å²) in [4.78, 5) is 11.7. The lowest BCUT2D eigenvalue weighted by Crippen LogP contribution is -2.49. The van der Waals surface area contributed by atoms with Crippen molar-refractivity contribution in [1.29, 1.82) is 5.26 Å².